The molecule has 1 aromatic heterocycles. The molecule has 7 heteroatoms. The molecular weight excluding hydrogens is 285 g/mol. The van der Waals surface area contributed by atoms with Gasteiger partial charge in [0.15, 0.2) is 5.69 Å². The molecule has 1 saturated heterocycles. The van der Waals surface area contributed by atoms with Crippen molar-refractivity contribution in [3.05, 3.63) is 47.8 Å². The van der Waals surface area contributed by atoms with Gasteiger partial charge in [0.25, 0.3) is 5.91 Å². The summed E-state index contributed by atoms with van der Waals surface area (Å²) >= 11 is 0. The van der Waals surface area contributed by atoms with E-state index in [2.05, 4.69) is 20.9 Å². The standard InChI is InChI=1S/C15H18FN5O/c16-12-6-13(17-8-12)9-21-10-14(19-20-21)15(22)18-7-11-4-2-1-3-5-11/h1-5,10,12-13,17H,6-9H2,(H,18,22). The number of alkyl halides is 1. The predicted octanol–water partition coefficient (Wildman–Crippen LogP) is 0.908. The van der Waals surface area contributed by atoms with Crippen molar-refractivity contribution in [2.45, 2.75) is 31.7 Å². The summed E-state index contributed by atoms with van der Waals surface area (Å²) in [7, 11) is 0. The van der Waals surface area contributed by atoms with Crippen LogP contribution in [0, 0.1) is 0 Å². The summed E-state index contributed by atoms with van der Waals surface area (Å²) in [6.45, 7) is 1.34. The molecule has 0 saturated carbocycles. The molecule has 2 aromatic rings. The summed E-state index contributed by atoms with van der Waals surface area (Å²) in [6.07, 6.45) is 1.25. The molecule has 1 aromatic carbocycles. The summed E-state index contributed by atoms with van der Waals surface area (Å²) in [5.41, 5.74) is 1.29. The lowest BCUT2D eigenvalue weighted by Crippen LogP contribution is -2.27. The highest BCUT2D eigenvalue weighted by atomic mass is 19.1. The molecule has 6 nitrogen and oxygen atoms in total. The Morgan fingerprint density at radius 1 is 1.41 bits per heavy atom. The first-order chi connectivity index (χ1) is 10.7. The first kappa shape index (κ1) is 14.6. The van der Waals surface area contributed by atoms with Crippen molar-refractivity contribution in [3.8, 4) is 0 Å². The Morgan fingerprint density at radius 2 is 2.23 bits per heavy atom. The summed E-state index contributed by atoms with van der Waals surface area (Å²) in [5, 5.41) is 13.7. The van der Waals surface area contributed by atoms with E-state index in [1.807, 2.05) is 30.3 Å². The van der Waals surface area contributed by atoms with Crippen LogP contribution >= 0.6 is 0 Å². The van der Waals surface area contributed by atoms with E-state index < -0.39 is 6.17 Å². The number of carbonyl (C=O) groups excluding carboxylic acids is 1. The molecule has 0 bridgehead atoms. The Kier molecular flexibility index (Phi) is 4.43. The van der Waals surface area contributed by atoms with E-state index >= 15 is 0 Å². The molecule has 22 heavy (non-hydrogen) atoms. The van der Waals surface area contributed by atoms with Gasteiger partial charge in [0.2, 0.25) is 0 Å². The van der Waals surface area contributed by atoms with E-state index in [4.69, 9.17) is 0 Å². The monoisotopic (exact) mass is 303 g/mol. The average molecular weight is 303 g/mol. The number of amides is 1. The molecule has 0 spiro atoms. The Balaban J connectivity index is 1.53. The molecule has 2 unspecified atom stereocenters. The highest BCUT2D eigenvalue weighted by molar-refractivity contribution is 5.91. The first-order valence-electron chi connectivity index (χ1n) is 7.30. The van der Waals surface area contributed by atoms with Crippen LogP contribution in [-0.4, -0.2) is 39.7 Å². The second-order valence-electron chi connectivity index (χ2n) is 5.43. The number of hydrogen-bond acceptors (Lipinski definition) is 4. The predicted molar refractivity (Wildman–Crippen MR) is 78.9 cm³/mol. The molecular formula is C15H18FN5O. The van der Waals surface area contributed by atoms with E-state index in [1.165, 1.54) is 0 Å². The lowest BCUT2D eigenvalue weighted by Gasteiger charge is -2.08. The molecule has 0 radical (unpaired) electrons. The fourth-order valence-electron chi connectivity index (χ4n) is 2.50. The van der Waals surface area contributed by atoms with E-state index in [0.717, 1.165) is 5.56 Å². The quantitative estimate of drug-likeness (QED) is 0.861. The number of halogens is 1. The van der Waals surface area contributed by atoms with Crippen molar-refractivity contribution in [1.29, 1.82) is 0 Å². The second kappa shape index (κ2) is 6.65. The van der Waals surface area contributed by atoms with Crippen LogP contribution in [0.3, 0.4) is 0 Å². The molecule has 2 N–H and O–H groups in total. The minimum Gasteiger partial charge on any atom is -0.347 e. The van der Waals surface area contributed by atoms with Gasteiger partial charge in [-0.25, -0.2) is 4.39 Å². The SMILES string of the molecule is O=C(NCc1ccccc1)c1cn(CC2CC(F)CN2)nn1. The van der Waals surface area contributed by atoms with Gasteiger partial charge in [-0.15, -0.1) is 5.10 Å². The topological polar surface area (TPSA) is 71.8 Å². The Hall–Kier alpha value is -2.28. The van der Waals surface area contributed by atoms with Gasteiger partial charge in [0, 0.05) is 19.1 Å². The van der Waals surface area contributed by atoms with Crippen molar-refractivity contribution in [3.63, 3.8) is 0 Å². The van der Waals surface area contributed by atoms with Crippen LogP contribution < -0.4 is 10.6 Å². The van der Waals surface area contributed by atoms with Gasteiger partial charge in [0.1, 0.15) is 6.17 Å². The van der Waals surface area contributed by atoms with Crippen LogP contribution in [0.25, 0.3) is 0 Å². The number of benzene rings is 1. The van der Waals surface area contributed by atoms with Gasteiger partial charge < -0.3 is 10.6 Å². The summed E-state index contributed by atoms with van der Waals surface area (Å²) in [4.78, 5) is 12.0. The highest BCUT2D eigenvalue weighted by Crippen LogP contribution is 2.11. The zero-order valence-corrected chi connectivity index (χ0v) is 12.1. The normalized spacial score (nSPS) is 21.0. The third-order valence-electron chi connectivity index (χ3n) is 3.64. The smallest absolute Gasteiger partial charge is 0.273 e. The van der Waals surface area contributed by atoms with Crippen LogP contribution in [0.5, 0.6) is 0 Å². The molecule has 1 aliphatic rings. The van der Waals surface area contributed by atoms with E-state index in [0.29, 0.717) is 26.1 Å². The molecule has 2 heterocycles. The zero-order valence-electron chi connectivity index (χ0n) is 12.1. The first-order valence-corrected chi connectivity index (χ1v) is 7.30. The van der Waals surface area contributed by atoms with Crippen LogP contribution in [0.2, 0.25) is 0 Å². The maximum atomic E-state index is 13.1. The Bertz CT molecular complexity index is 630. The second-order valence-corrected chi connectivity index (χ2v) is 5.43. The average Bonchev–Trinajstić information content (AvgIpc) is 3.16. The largest absolute Gasteiger partial charge is 0.347 e. The van der Waals surface area contributed by atoms with Crippen LogP contribution in [0.4, 0.5) is 4.39 Å². The Morgan fingerprint density at radius 3 is 2.95 bits per heavy atom. The third-order valence-corrected chi connectivity index (χ3v) is 3.64. The number of hydrogen-bond donors (Lipinski definition) is 2. The van der Waals surface area contributed by atoms with E-state index in [9.17, 15) is 9.18 Å². The molecule has 2 atom stereocenters. The van der Waals surface area contributed by atoms with Gasteiger partial charge in [-0.05, 0) is 12.0 Å². The molecule has 116 valence electrons. The lowest BCUT2D eigenvalue weighted by atomic mass is 10.2. The molecule has 1 aliphatic heterocycles. The van der Waals surface area contributed by atoms with Crippen LogP contribution in [0.1, 0.15) is 22.5 Å². The maximum Gasteiger partial charge on any atom is 0.273 e. The molecule has 1 amide bonds. The van der Waals surface area contributed by atoms with Gasteiger partial charge in [-0.1, -0.05) is 35.5 Å². The summed E-state index contributed by atoms with van der Waals surface area (Å²) in [5.74, 6) is -0.266. The Labute approximate surface area is 127 Å². The van der Waals surface area contributed by atoms with Gasteiger partial charge in [-0.2, -0.15) is 0 Å². The van der Waals surface area contributed by atoms with Crippen molar-refractivity contribution < 1.29 is 9.18 Å². The summed E-state index contributed by atoms with van der Waals surface area (Å²) in [6, 6.07) is 9.69. The number of nitrogens with zero attached hydrogens (tertiary/aromatic N) is 3. The zero-order chi connectivity index (χ0) is 15.4. The summed E-state index contributed by atoms with van der Waals surface area (Å²) < 4.78 is 14.7. The number of nitrogens with one attached hydrogen (secondary N) is 2. The number of aromatic nitrogens is 3. The molecule has 3 rings (SSSR count). The van der Waals surface area contributed by atoms with Crippen molar-refractivity contribution in [1.82, 2.24) is 25.6 Å². The van der Waals surface area contributed by atoms with Crippen molar-refractivity contribution in [2.75, 3.05) is 6.54 Å². The molecule has 0 aliphatic carbocycles. The maximum absolute atomic E-state index is 13.1. The van der Waals surface area contributed by atoms with Gasteiger partial charge in [-0.3, -0.25) is 9.48 Å². The third kappa shape index (κ3) is 3.67. The van der Waals surface area contributed by atoms with E-state index in [1.54, 1.807) is 10.9 Å². The fraction of sp³-hybridized carbons (Fsp3) is 0.400. The van der Waals surface area contributed by atoms with Crippen LogP contribution in [-0.2, 0) is 13.1 Å². The number of rotatable bonds is 5. The van der Waals surface area contributed by atoms with E-state index in [-0.39, 0.29) is 17.6 Å². The van der Waals surface area contributed by atoms with Crippen molar-refractivity contribution >= 4 is 5.91 Å². The number of carbonyl (C=O) groups is 1. The van der Waals surface area contributed by atoms with Crippen molar-refractivity contribution in [2.24, 2.45) is 0 Å². The minimum absolute atomic E-state index is 0.0388. The van der Waals surface area contributed by atoms with Gasteiger partial charge >= 0.3 is 0 Å². The minimum atomic E-state index is -0.804. The molecule has 1 fully saturated rings. The fourth-order valence-corrected chi connectivity index (χ4v) is 2.50. The highest BCUT2D eigenvalue weighted by Gasteiger charge is 2.24. The lowest BCUT2D eigenvalue weighted by molar-refractivity contribution is 0.0946. The van der Waals surface area contributed by atoms with Gasteiger partial charge in [0.05, 0.1) is 12.7 Å². The van der Waals surface area contributed by atoms with Crippen LogP contribution in [0.15, 0.2) is 36.5 Å².